The summed E-state index contributed by atoms with van der Waals surface area (Å²) >= 11 is 0. The highest BCUT2D eigenvalue weighted by Gasteiger charge is 2.29. The van der Waals surface area contributed by atoms with Crippen LogP contribution in [0, 0.1) is 6.92 Å². The number of unbranched alkanes of at least 4 members (excludes halogenated alkanes) is 1. The second-order valence-electron chi connectivity index (χ2n) is 6.66. The first kappa shape index (κ1) is 19.6. The van der Waals surface area contributed by atoms with E-state index in [1.165, 1.54) is 6.07 Å². The number of hydrogen-bond acceptors (Lipinski definition) is 3. The van der Waals surface area contributed by atoms with Crippen molar-refractivity contribution in [2.24, 2.45) is 0 Å². The fraction of sp³-hybridized carbons (Fsp3) is 0.318. The Morgan fingerprint density at radius 2 is 1.62 bits per heavy atom. The molecule has 1 aliphatic rings. The molecule has 0 bridgehead atoms. The fourth-order valence-corrected chi connectivity index (χ4v) is 3.15. The van der Waals surface area contributed by atoms with Gasteiger partial charge in [-0.25, -0.2) is 4.79 Å². The molecule has 0 unspecified atom stereocenters. The van der Waals surface area contributed by atoms with Crippen molar-refractivity contribution in [3.63, 3.8) is 0 Å². The fourth-order valence-electron chi connectivity index (χ4n) is 3.15. The van der Waals surface area contributed by atoms with Crippen molar-refractivity contribution >= 4 is 29.2 Å². The number of carbonyl (C=O) groups is 3. The first-order chi connectivity index (χ1) is 12.2. The van der Waals surface area contributed by atoms with Crippen molar-refractivity contribution in [1.29, 1.82) is 0 Å². The number of rotatable bonds is 5. The van der Waals surface area contributed by atoms with E-state index in [0.29, 0.717) is 33.4 Å². The van der Waals surface area contributed by atoms with E-state index < -0.39 is 5.97 Å². The molecule has 0 atom stereocenters. The van der Waals surface area contributed by atoms with Crippen molar-refractivity contribution < 1.29 is 19.5 Å². The van der Waals surface area contributed by atoms with Gasteiger partial charge in [0.1, 0.15) is 0 Å². The minimum absolute atomic E-state index is 0.136. The lowest BCUT2D eigenvalue weighted by Crippen LogP contribution is -2.20. The molecule has 1 aliphatic carbocycles. The quantitative estimate of drug-likeness (QED) is 0.775. The Morgan fingerprint density at radius 3 is 2.19 bits per heavy atom. The number of benzene rings is 1. The second-order valence-corrected chi connectivity index (χ2v) is 6.66. The maximum atomic E-state index is 12.8. The van der Waals surface area contributed by atoms with Crippen LogP contribution in [0.3, 0.4) is 0 Å². The third kappa shape index (κ3) is 3.45. The summed E-state index contributed by atoms with van der Waals surface area (Å²) in [5, 5.41) is 9.64. The number of carboxylic acid groups (broad SMARTS) is 1. The number of carbonyl (C=O) groups excluding carboxylic acids is 2. The predicted octanol–water partition coefficient (Wildman–Crippen LogP) is 4.77. The summed E-state index contributed by atoms with van der Waals surface area (Å²) in [6, 6.07) is 3.29. The van der Waals surface area contributed by atoms with Gasteiger partial charge in [-0.15, -0.1) is 0 Å². The molecule has 136 valence electrons. The molecule has 0 aliphatic heterocycles. The van der Waals surface area contributed by atoms with Crippen LogP contribution in [0.25, 0.3) is 11.6 Å². The molecular formula is C22H24O4. The average molecular weight is 352 g/mol. The summed E-state index contributed by atoms with van der Waals surface area (Å²) in [7, 11) is 0. The van der Waals surface area contributed by atoms with E-state index in [9.17, 15) is 19.5 Å². The Balaban J connectivity index is 2.67. The van der Waals surface area contributed by atoms with Crippen LogP contribution in [0.1, 0.15) is 67.6 Å². The highest BCUT2D eigenvalue weighted by atomic mass is 16.4. The summed E-state index contributed by atoms with van der Waals surface area (Å²) in [6.07, 6.45) is 5.60. The molecule has 1 aromatic carbocycles. The van der Waals surface area contributed by atoms with Gasteiger partial charge in [-0.1, -0.05) is 31.6 Å². The van der Waals surface area contributed by atoms with E-state index in [2.05, 4.69) is 6.92 Å². The second kappa shape index (κ2) is 7.65. The van der Waals surface area contributed by atoms with Gasteiger partial charge in [-0.3, -0.25) is 9.59 Å². The summed E-state index contributed by atoms with van der Waals surface area (Å²) in [6.45, 7) is 8.77. The molecule has 2 rings (SSSR count). The van der Waals surface area contributed by atoms with Crippen molar-refractivity contribution in [3.05, 3.63) is 57.2 Å². The lowest BCUT2D eigenvalue weighted by molar-refractivity contribution is -0.115. The average Bonchev–Trinajstić information content (AvgIpc) is 2.59. The maximum absolute atomic E-state index is 12.8. The Bertz CT molecular complexity index is 895. The SMILES string of the molecule is CCC/C=C/c1c(C)cc(C2=C(C)C(=O)C(C)=C(C)C2=O)cc1C(=O)O. The van der Waals surface area contributed by atoms with Crippen molar-refractivity contribution in [2.75, 3.05) is 0 Å². The van der Waals surface area contributed by atoms with E-state index in [1.807, 2.05) is 19.1 Å². The first-order valence-corrected chi connectivity index (χ1v) is 8.73. The van der Waals surface area contributed by atoms with E-state index in [4.69, 9.17) is 0 Å². The summed E-state index contributed by atoms with van der Waals surface area (Å²) < 4.78 is 0. The monoisotopic (exact) mass is 352 g/mol. The smallest absolute Gasteiger partial charge is 0.336 e. The number of Topliss-reactive ketones (excluding diaryl/α,β-unsaturated/α-hetero) is 2. The molecule has 0 saturated heterocycles. The van der Waals surface area contributed by atoms with Crippen LogP contribution in [0.15, 0.2) is 34.9 Å². The van der Waals surface area contributed by atoms with Crippen LogP contribution in [0.5, 0.6) is 0 Å². The minimum atomic E-state index is -1.05. The van der Waals surface area contributed by atoms with Gasteiger partial charge in [-0.05, 0) is 56.9 Å². The molecule has 4 nitrogen and oxygen atoms in total. The third-order valence-electron chi connectivity index (χ3n) is 4.83. The zero-order valence-corrected chi connectivity index (χ0v) is 15.9. The molecular weight excluding hydrogens is 328 g/mol. The highest BCUT2D eigenvalue weighted by molar-refractivity contribution is 6.39. The molecule has 26 heavy (non-hydrogen) atoms. The van der Waals surface area contributed by atoms with Crippen LogP contribution in [-0.2, 0) is 9.59 Å². The highest BCUT2D eigenvalue weighted by Crippen LogP contribution is 2.33. The summed E-state index contributed by atoms with van der Waals surface area (Å²) in [4.78, 5) is 36.9. The lowest BCUT2D eigenvalue weighted by Gasteiger charge is -2.20. The van der Waals surface area contributed by atoms with Gasteiger partial charge in [-0.2, -0.15) is 0 Å². The van der Waals surface area contributed by atoms with Crippen molar-refractivity contribution in [1.82, 2.24) is 0 Å². The normalized spacial score (nSPS) is 15.4. The Labute approximate surface area is 153 Å². The number of aromatic carboxylic acids is 1. The largest absolute Gasteiger partial charge is 0.478 e. The van der Waals surface area contributed by atoms with Crippen LogP contribution in [0.4, 0.5) is 0 Å². The summed E-state index contributed by atoms with van der Waals surface area (Å²) in [5.74, 6) is -1.44. The van der Waals surface area contributed by atoms with Gasteiger partial charge in [0.05, 0.1) is 5.56 Å². The zero-order chi connectivity index (χ0) is 19.6. The predicted molar refractivity (Wildman–Crippen MR) is 103 cm³/mol. The molecule has 0 fully saturated rings. The number of ketones is 2. The zero-order valence-electron chi connectivity index (χ0n) is 15.9. The molecule has 4 heteroatoms. The Kier molecular flexibility index (Phi) is 5.76. The van der Waals surface area contributed by atoms with Crippen LogP contribution >= 0.6 is 0 Å². The molecule has 0 saturated carbocycles. The third-order valence-corrected chi connectivity index (χ3v) is 4.83. The molecule has 0 spiro atoms. The van der Waals surface area contributed by atoms with Gasteiger partial charge in [0, 0.05) is 22.3 Å². The minimum Gasteiger partial charge on any atom is -0.478 e. The number of aryl methyl sites for hydroxylation is 1. The number of allylic oxidation sites excluding steroid dienone is 5. The van der Waals surface area contributed by atoms with Crippen LogP contribution in [0.2, 0.25) is 0 Å². The lowest BCUT2D eigenvalue weighted by atomic mass is 9.81. The topological polar surface area (TPSA) is 71.4 Å². The Hall–Kier alpha value is -2.75. The number of hydrogen-bond donors (Lipinski definition) is 1. The summed E-state index contributed by atoms with van der Waals surface area (Å²) in [5.41, 5.74) is 3.54. The van der Waals surface area contributed by atoms with Crippen LogP contribution in [-0.4, -0.2) is 22.6 Å². The molecule has 0 aromatic heterocycles. The maximum Gasteiger partial charge on any atom is 0.336 e. The van der Waals surface area contributed by atoms with E-state index >= 15 is 0 Å². The van der Waals surface area contributed by atoms with Crippen LogP contribution < -0.4 is 0 Å². The van der Waals surface area contributed by atoms with Crippen molar-refractivity contribution in [2.45, 2.75) is 47.5 Å². The molecule has 0 amide bonds. The van der Waals surface area contributed by atoms with E-state index in [1.54, 1.807) is 26.8 Å². The standard InChI is InChI=1S/C22H24O4/c1-6-7-8-9-17-12(2)10-16(11-18(17)22(25)26)19-15(5)20(23)13(3)14(4)21(19)24/h8-11H,6-7H2,1-5H3,(H,25,26)/b9-8+. The first-order valence-electron chi connectivity index (χ1n) is 8.73. The molecule has 1 aromatic rings. The van der Waals surface area contributed by atoms with E-state index in [-0.39, 0.29) is 17.1 Å². The van der Waals surface area contributed by atoms with Gasteiger partial charge in [0.15, 0.2) is 11.6 Å². The molecule has 1 N–H and O–H groups in total. The van der Waals surface area contributed by atoms with Gasteiger partial charge in [0.2, 0.25) is 0 Å². The van der Waals surface area contributed by atoms with Gasteiger partial charge < -0.3 is 5.11 Å². The number of carboxylic acids is 1. The molecule has 0 heterocycles. The van der Waals surface area contributed by atoms with Gasteiger partial charge >= 0.3 is 5.97 Å². The van der Waals surface area contributed by atoms with Crippen molar-refractivity contribution in [3.8, 4) is 0 Å². The van der Waals surface area contributed by atoms with E-state index in [0.717, 1.165) is 18.4 Å². The van der Waals surface area contributed by atoms with Gasteiger partial charge in [0.25, 0.3) is 0 Å². The molecule has 0 radical (unpaired) electrons. The Morgan fingerprint density at radius 1 is 1.00 bits per heavy atom.